The van der Waals surface area contributed by atoms with Crippen LogP contribution in [0.3, 0.4) is 0 Å². The van der Waals surface area contributed by atoms with Crippen molar-refractivity contribution in [2.75, 3.05) is 19.6 Å². The lowest BCUT2D eigenvalue weighted by atomic mass is 9.96. The van der Waals surface area contributed by atoms with Crippen LogP contribution in [-0.4, -0.2) is 47.6 Å². The molecule has 0 aromatic heterocycles. The molecule has 1 aliphatic rings. The van der Waals surface area contributed by atoms with Crippen molar-refractivity contribution in [1.82, 2.24) is 10.2 Å². The number of rotatable bonds is 8. The first-order chi connectivity index (χ1) is 10.4. The van der Waals surface area contributed by atoms with Crippen molar-refractivity contribution in [2.24, 2.45) is 0 Å². The fourth-order valence-corrected chi connectivity index (χ4v) is 2.61. The Balaban J connectivity index is 1.86. The molecule has 0 bridgehead atoms. The van der Waals surface area contributed by atoms with Crippen molar-refractivity contribution in [3.8, 4) is 0 Å². The van der Waals surface area contributed by atoms with E-state index >= 15 is 0 Å². The van der Waals surface area contributed by atoms with Crippen LogP contribution < -0.4 is 5.32 Å². The average Bonchev–Trinajstić information content (AvgIpc) is 3.26. The number of hydrogen-bond acceptors (Lipinski definition) is 3. The SMILES string of the molecule is CC(C)N(CC(=O)O)CC(=O)NCC1(c2ccccc2)CC1. The van der Waals surface area contributed by atoms with Gasteiger partial charge in [-0.3, -0.25) is 14.5 Å². The van der Waals surface area contributed by atoms with Crippen LogP contribution in [0.2, 0.25) is 0 Å². The number of nitrogens with zero attached hydrogens (tertiary/aromatic N) is 1. The molecule has 0 heterocycles. The maximum Gasteiger partial charge on any atom is 0.317 e. The number of carboxylic acids is 1. The molecule has 5 heteroatoms. The summed E-state index contributed by atoms with van der Waals surface area (Å²) in [4.78, 5) is 24.6. The summed E-state index contributed by atoms with van der Waals surface area (Å²) in [5.41, 5.74) is 1.34. The molecular weight excluding hydrogens is 280 g/mol. The number of hydrogen-bond donors (Lipinski definition) is 2. The summed E-state index contributed by atoms with van der Waals surface area (Å²) in [5.74, 6) is -1.03. The molecule has 0 spiro atoms. The Morgan fingerprint density at radius 2 is 1.86 bits per heavy atom. The molecule has 22 heavy (non-hydrogen) atoms. The minimum Gasteiger partial charge on any atom is -0.480 e. The molecule has 0 saturated heterocycles. The van der Waals surface area contributed by atoms with Crippen molar-refractivity contribution in [2.45, 2.75) is 38.1 Å². The van der Waals surface area contributed by atoms with Gasteiger partial charge >= 0.3 is 5.97 Å². The second-order valence-electron chi connectivity index (χ2n) is 6.32. The van der Waals surface area contributed by atoms with Gasteiger partial charge in [-0.2, -0.15) is 0 Å². The number of carbonyl (C=O) groups excluding carboxylic acids is 1. The summed E-state index contributed by atoms with van der Waals surface area (Å²) >= 11 is 0. The zero-order valence-corrected chi connectivity index (χ0v) is 13.2. The van der Waals surface area contributed by atoms with Gasteiger partial charge in [0, 0.05) is 18.0 Å². The zero-order valence-electron chi connectivity index (χ0n) is 13.2. The van der Waals surface area contributed by atoms with Gasteiger partial charge in [-0.1, -0.05) is 30.3 Å². The largest absolute Gasteiger partial charge is 0.480 e. The molecular formula is C17H24N2O3. The fraction of sp³-hybridized carbons (Fsp3) is 0.529. The second kappa shape index (κ2) is 6.92. The number of aliphatic carboxylic acids is 1. The van der Waals surface area contributed by atoms with Gasteiger partial charge in [0.2, 0.25) is 5.91 Å². The van der Waals surface area contributed by atoms with Gasteiger partial charge in [-0.05, 0) is 32.3 Å². The van der Waals surface area contributed by atoms with Gasteiger partial charge in [-0.15, -0.1) is 0 Å². The predicted octanol–water partition coefficient (Wildman–Crippen LogP) is 1.63. The first kappa shape index (κ1) is 16.5. The lowest BCUT2D eigenvalue weighted by molar-refractivity contribution is -0.139. The molecule has 1 fully saturated rings. The van der Waals surface area contributed by atoms with Gasteiger partial charge in [-0.25, -0.2) is 0 Å². The lowest BCUT2D eigenvalue weighted by Crippen LogP contribution is -2.44. The van der Waals surface area contributed by atoms with E-state index in [4.69, 9.17) is 5.11 Å². The minimum absolute atomic E-state index is 0.0193. The van der Waals surface area contributed by atoms with Crippen LogP contribution in [0.5, 0.6) is 0 Å². The molecule has 0 unspecified atom stereocenters. The van der Waals surface area contributed by atoms with Crippen LogP contribution in [0.15, 0.2) is 30.3 Å². The molecule has 1 aromatic carbocycles. The van der Waals surface area contributed by atoms with Gasteiger partial charge < -0.3 is 10.4 Å². The highest BCUT2D eigenvalue weighted by atomic mass is 16.4. The maximum absolute atomic E-state index is 12.1. The summed E-state index contributed by atoms with van der Waals surface area (Å²) in [6.07, 6.45) is 2.17. The normalized spacial score (nSPS) is 15.8. The number of nitrogens with one attached hydrogen (secondary N) is 1. The molecule has 0 aliphatic heterocycles. The summed E-state index contributed by atoms with van der Waals surface area (Å²) in [6, 6.07) is 10.2. The number of amides is 1. The van der Waals surface area contributed by atoms with Crippen LogP contribution in [0.25, 0.3) is 0 Å². The van der Waals surface area contributed by atoms with Gasteiger partial charge in [0.25, 0.3) is 0 Å². The summed E-state index contributed by atoms with van der Waals surface area (Å²) < 4.78 is 0. The van der Waals surface area contributed by atoms with E-state index in [1.807, 2.05) is 32.0 Å². The summed E-state index contributed by atoms with van der Waals surface area (Å²) in [7, 11) is 0. The van der Waals surface area contributed by atoms with Crippen molar-refractivity contribution in [3.63, 3.8) is 0 Å². The third kappa shape index (κ3) is 4.31. The summed E-state index contributed by atoms with van der Waals surface area (Å²) in [6.45, 7) is 4.41. The van der Waals surface area contributed by atoms with E-state index in [0.29, 0.717) is 6.54 Å². The lowest BCUT2D eigenvalue weighted by Gasteiger charge is -2.24. The molecule has 0 atom stereocenters. The highest BCUT2D eigenvalue weighted by molar-refractivity contribution is 5.79. The Morgan fingerprint density at radius 1 is 1.23 bits per heavy atom. The Labute approximate surface area is 131 Å². The highest BCUT2D eigenvalue weighted by Gasteiger charge is 2.44. The highest BCUT2D eigenvalue weighted by Crippen LogP contribution is 2.47. The molecule has 1 aliphatic carbocycles. The van der Waals surface area contributed by atoms with E-state index in [0.717, 1.165) is 12.8 Å². The van der Waals surface area contributed by atoms with E-state index in [-0.39, 0.29) is 30.5 Å². The van der Waals surface area contributed by atoms with Crippen molar-refractivity contribution in [3.05, 3.63) is 35.9 Å². The van der Waals surface area contributed by atoms with E-state index in [2.05, 4.69) is 17.4 Å². The molecule has 1 saturated carbocycles. The monoisotopic (exact) mass is 304 g/mol. The molecule has 0 radical (unpaired) electrons. The summed E-state index contributed by atoms with van der Waals surface area (Å²) in [5, 5.41) is 11.9. The molecule has 2 rings (SSSR count). The minimum atomic E-state index is -0.913. The number of carbonyl (C=O) groups is 2. The van der Waals surface area contributed by atoms with Gasteiger partial charge in [0.05, 0.1) is 13.1 Å². The van der Waals surface area contributed by atoms with Crippen LogP contribution in [-0.2, 0) is 15.0 Å². The van der Waals surface area contributed by atoms with E-state index < -0.39 is 5.97 Å². The predicted molar refractivity (Wildman–Crippen MR) is 84.7 cm³/mol. The van der Waals surface area contributed by atoms with Crippen molar-refractivity contribution in [1.29, 1.82) is 0 Å². The molecule has 2 N–H and O–H groups in total. The first-order valence-electron chi connectivity index (χ1n) is 7.71. The van der Waals surface area contributed by atoms with Crippen LogP contribution in [0.4, 0.5) is 0 Å². The molecule has 120 valence electrons. The van der Waals surface area contributed by atoms with Gasteiger partial charge in [0.1, 0.15) is 0 Å². The third-order valence-corrected chi connectivity index (χ3v) is 4.28. The van der Waals surface area contributed by atoms with E-state index in [9.17, 15) is 9.59 Å². The van der Waals surface area contributed by atoms with Gasteiger partial charge in [0.15, 0.2) is 0 Å². The van der Waals surface area contributed by atoms with Crippen molar-refractivity contribution < 1.29 is 14.7 Å². The topological polar surface area (TPSA) is 69.6 Å². The number of benzene rings is 1. The quantitative estimate of drug-likeness (QED) is 0.766. The Kier molecular flexibility index (Phi) is 5.19. The average molecular weight is 304 g/mol. The zero-order chi connectivity index (χ0) is 16.2. The molecule has 1 amide bonds. The Morgan fingerprint density at radius 3 is 2.36 bits per heavy atom. The standard InChI is InChI=1S/C17H24N2O3/c1-13(2)19(11-16(21)22)10-15(20)18-12-17(8-9-17)14-6-4-3-5-7-14/h3-7,13H,8-12H2,1-2H3,(H,18,20)(H,21,22). The second-order valence-corrected chi connectivity index (χ2v) is 6.32. The third-order valence-electron chi connectivity index (χ3n) is 4.28. The van der Waals surface area contributed by atoms with Crippen molar-refractivity contribution >= 4 is 11.9 Å². The van der Waals surface area contributed by atoms with E-state index in [1.54, 1.807) is 4.90 Å². The first-order valence-corrected chi connectivity index (χ1v) is 7.71. The Hall–Kier alpha value is -1.88. The van der Waals surface area contributed by atoms with E-state index in [1.165, 1.54) is 5.56 Å². The molecule has 1 aromatic rings. The van der Waals surface area contributed by atoms with Crippen LogP contribution in [0, 0.1) is 0 Å². The molecule has 5 nitrogen and oxygen atoms in total. The smallest absolute Gasteiger partial charge is 0.317 e. The Bertz CT molecular complexity index is 524. The number of carboxylic acid groups (broad SMARTS) is 1. The van der Waals surface area contributed by atoms with Crippen LogP contribution >= 0.6 is 0 Å². The maximum atomic E-state index is 12.1. The fourth-order valence-electron chi connectivity index (χ4n) is 2.61. The van der Waals surface area contributed by atoms with Crippen LogP contribution in [0.1, 0.15) is 32.3 Å².